The fraction of sp³-hybridized carbons (Fsp3) is 0.250. The number of anilines is 1. The molecule has 0 saturated carbocycles. The van der Waals surface area contributed by atoms with Gasteiger partial charge in [-0.3, -0.25) is 4.90 Å². The zero-order valence-corrected chi connectivity index (χ0v) is 13.2. The van der Waals surface area contributed by atoms with Crippen LogP contribution in [0.5, 0.6) is 0 Å². The van der Waals surface area contributed by atoms with E-state index in [9.17, 15) is 13.2 Å². The molecule has 1 unspecified atom stereocenters. The number of carbonyl (C=O) groups is 1. The molecule has 0 bridgehead atoms. The lowest BCUT2D eigenvalue weighted by Crippen LogP contribution is -2.34. The van der Waals surface area contributed by atoms with E-state index in [4.69, 9.17) is 4.74 Å². The van der Waals surface area contributed by atoms with E-state index in [0.29, 0.717) is 6.54 Å². The third kappa shape index (κ3) is 3.10. The van der Waals surface area contributed by atoms with Gasteiger partial charge in [-0.05, 0) is 29.0 Å². The summed E-state index contributed by atoms with van der Waals surface area (Å²) < 4.78 is 31.9. The molecule has 9 heteroatoms. The predicted molar refractivity (Wildman–Crippen MR) is 81.4 cm³/mol. The second-order valence-electron chi connectivity index (χ2n) is 4.35. The highest BCUT2D eigenvalue weighted by atomic mass is 32.2. The van der Waals surface area contributed by atoms with E-state index in [-0.39, 0.29) is 10.8 Å². The Bertz CT molecular complexity index is 710. The quantitative estimate of drug-likeness (QED) is 0.901. The van der Waals surface area contributed by atoms with Crippen LogP contribution in [0.2, 0.25) is 0 Å². The van der Waals surface area contributed by atoms with Gasteiger partial charge in [0.15, 0.2) is 0 Å². The van der Waals surface area contributed by atoms with Crippen molar-refractivity contribution in [3.63, 3.8) is 0 Å². The maximum absolute atomic E-state index is 12.0. The van der Waals surface area contributed by atoms with Crippen LogP contribution in [0.3, 0.4) is 0 Å². The van der Waals surface area contributed by atoms with E-state index in [1.807, 2.05) is 17.5 Å². The summed E-state index contributed by atoms with van der Waals surface area (Å²) in [6.07, 6.45) is -0.938. The summed E-state index contributed by atoms with van der Waals surface area (Å²) in [6, 6.07) is 6.88. The number of nitrogens with one attached hydrogen (secondary N) is 1. The number of thiophene rings is 2. The SMILES string of the molecule is O=C1OC(CNS(=O)(=O)c2cccs2)CN1c1cccs1. The van der Waals surface area contributed by atoms with Gasteiger partial charge >= 0.3 is 6.09 Å². The van der Waals surface area contributed by atoms with E-state index >= 15 is 0 Å². The summed E-state index contributed by atoms with van der Waals surface area (Å²) >= 11 is 2.58. The van der Waals surface area contributed by atoms with Gasteiger partial charge < -0.3 is 4.74 Å². The summed E-state index contributed by atoms with van der Waals surface area (Å²) in [5.41, 5.74) is 0. The Morgan fingerprint density at radius 3 is 2.71 bits per heavy atom. The van der Waals surface area contributed by atoms with Crippen LogP contribution >= 0.6 is 22.7 Å². The summed E-state index contributed by atoms with van der Waals surface area (Å²) in [5.74, 6) is 0. The molecule has 0 spiro atoms. The average molecular weight is 344 g/mol. The van der Waals surface area contributed by atoms with E-state index < -0.39 is 22.2 Å². The molecular formula is C12H12N2O4S3. The van der Waals surface area contributed by atoms with Crippen molar-refractivity contribution in [1.82, 2.24) is 4.72 Å². The van der Waals surface area contributed by atoms with Gasteiger partial charge in [0.05, 0.1) is 6.54 Å². The highest BCUT2D eigenvalue weighted by Crippen LogP contribution is 2.26. The van der Waals surface area contributed by atoms with Gasteiger partial charge in [0.2, 0.25) is 10.0 Å². The molecule has 1 N–H and O–H groups in total. The normalized spacial score (nSPS) is 19.0. The highest BCUT2D eigenvalue weighted by Gasteiger charge is 2.33. The first-order valence-corrected chi connectivity index (χ1v) is 9.35. The number of amides is 1. The smallest absolute Gasteiger partial charge is 0.415 e. The first kappa shape index (κ1) is 14.5. The van der Waals surface area contributed by atoms with Crippen LogP contribution in [-0.2, 0) is 14.8 Å². The third-order valence-corrected chi connectivity index (χ3v) is 6.62. The topological polar surface area (TPSA) is 75.7 Å². The lowest BCUT2D eigenvalue weighted by atomic mass is 10.3. The Morgan fingerprint density at radius 1 is 1.29 bits per heavy atom. The number of rotatable bonds is 5. The largest absolute Gasteiger partial charge is 0.443 e. The molecule has 0 aromatic carbocycles. The van der Waals surface area contributed by atoms with Crippen molar-refractivity contribution in [1.29, 1.82) is 0 Å². The standard InChI is InChI=1S/C12H12N2O4S3/c15-12-14(10-3-1-5-19-10)8-9(18-12)7-13-21(16,17)11-4-2-6-20-11/h1-6,9,13H,7-8H2. The Labute approximate surface area is 130 Å². The summed E-state index contributed by atoms with van der Waals surface area (Å²) in [5, 5.41) is 4.36. The number of sulfonamides is 1. The molecule has 2 aromatic heterocycles. The van der Waals surface area contributed by atoms with E-state index in [1.165, 1.54) is 22.3 Å². The minimum atomic E-state index is -3.53. The lowest BCUT2D eigenvalue weighted by Gasteiger charge is -2.10. The molecule has 3 heterocycles. The molecule has 6 nitrogen and oxygen atoms in total. The van der Waals surface area contributed by atoms with Crippen LogP contribution in [0.4, 0.5) is 9.80 Å². The molecule has 1 aliphatic heterocycles. The molecule has 112 valence electrons. The van der Waals surface area contributed by atoms with E-state index in [0.717, 1.165) is 16.3 Å². The lowest BCUT2D eigenvalue weighted by molar-refractivity contribution is 0.143. The van der Waals surface area contributed by atoms with Crippen LogP contribution < -0.4 is 9.62 Å². The zero-order valence-electron chi connectivity index (χ0n) is 10.8. The van der Waals surface area contributed by atoms with E-state index in [2.05, 4.69) is 4.72 Å². The van der Waals surface area contributed by atoms with Gasteiger partial charge in [-0.2, -0.15) is 0 Å². The van der Waals surface area contributed by atoms with Gasteiger partial charge in [0.25, 0.3) is 0 Å². The van der Waals surface area contributed by atoms with Crippen LogP contribution in [0.1, 0.15) is 0 Å². The molecule has 1 saturated heterocycles. The zero-order chi connectivity index (χ0) is 14.9. The van der Waals surface area contributed by atoms with Crippen molar-refractivity contribution in [3.8, 4) is 0 Å². The maximum Gasteiger partial charge on any atom is 0.415 e. The van der Waals surface area contributed by atoms with Gasteiger partial charge in [0.1, 0.15) is 15.3 Å². The Kier molecular flexibility index (Phi) is 3.98. The van der Waals surface area contributed by atoms with Crippen molar-refractivity contribution in [3.05, 3.63) is 35.0 Å². The van der Waals surface area contributed by atoms with Crippen molar-refractivity contribution in [2.24, 2.45) is 0 Å². The van der Waals surface area contributed by atoms with Gasteiger partial charge in [-0.1, -0.05) is 6.07 Å². The fourth-order valence-electron chi connectivity index (χ4n) is 1.92. The molecule has 1 aliphatic rings. The number of cyclic esters (lactones) is 1. The Morgan fingerprint density at radius 2 is 2.05 bits per heavy atom. The summed E-state index contributed by atoms with van der Waals surface area (Å²) in [7, 11) is -3.53. The molecule has 1 fully saturated rings. The number of carbonyl (C=O) groups excluding carboxylic acids is 1. The highest BCUT2D eigenvalue weighted by molar-refractivity contribution is 7.91. The monoisotopic (exact) mass is 344 g/mol. The molecule has 21 heavy (non-hydrogen) atoms. The summed E-state index contributed by atoms with van der Waals surface area (Å²) in [4.78, 5) is 13.3. The van der Waals surface area contributed by atoms with Crippen LogP contribution in [0.25, 0.3) is 0 Å². The number of nitrogens with zero attached hydrogens (tertiary/aromatic N) is 1. The number of ether oxygens (including phenoxy) is 1. The third-order valence-electron chi connectivity index (χ3n) is 2.91. The van der Waals surface area contributed by atoms with Crippen LogP contribution in [0.15, 0.2) is 39.2 Å². The van der Waals surface area contributed by atoms with E-state index in [1.54, 1.807) is 11.4 Å². The second-order valence-corrected chi connectivity index (χ2v) is 8.22. The van der Waals surface area contributed by atoms with Crippen LogP contribution in [-0.4, -0.2) is 33.7 Å². The fourth-order valence-corrected chi connectivity index (χ4v) is 4.76. The minimum Gasteiger partial charge on any atom is -0.443 e. The Hall–Kier alpha value is -1.42. The maximum atomic E-state index is 12.0. The van der Waals surface area contributed by atoms with Gasteiger partial charge in [0, 0.05) is 6.54 Å². The molecule has 1 amide bonds. The van der Waals surface area contributed by atoms with Crippen molar-refractivity contribution >= 4 is 43.8 Å². The van der Waals surface area contributed by atoms with Crippen molar-refractivity contribution in [2.45, 2.75) is 10.3 Å². The Balaban J connectivity index is 1.62. The minimum absolute atomic E-state index is 0.0633. The molecule has 0 radical (unpaired) electrons. The van der Waals surface area contributed by atoms with Crippen molar-refractivity contribution in [2.75, 3.05) is 18.0 Å². The number of hydrogen-bond acceptors (Lipinski definition) is 6. The first-order valence-electron chi connectivity index (χ1n) is 6.11. The molecule has 0 aliphatic carbocycles. The molecular weight excluding hydrogens is 332 g/mol. The van der Waals surface area contributed by atoms with Gasteiger partial charge in [-0.25, -0.2) is 17.9 Å². The summed E-state index contributed by atoms with van der Waals surface area (Å²) in [6.45, 7) is 0.403. The second kappa shape index (κ2) is 5.76. The average Bonchev–Trinajstić information content (AvgIpc) is 3.18. The molecule has 2 aromatic rings. The van der Waals surface area contributed by atoms with Crippen molar-refractivity contribution < 1.29 is 17.9 Å². The van der Waals surface area contributed by atoms with Crippen LogP contribution in [0, 0.1) is 0 Å². The molecule has 1 atom stereocenters. The molecule has 3 rings (SSSR count). The number of hydrogen-bond donors (Lipinski definition) is 1. The van der Waals surface area contributed by atoms with Gasteiger partial charge in [-0.15, -0.1) is 22.7 Å². The predicted octanol–water partition coefficient (Wildman–Crippen LogP) is 2.11. The first-order chi connectivity index (χ1) is 10.1.